The summed E-state index contributed by atoms with van der Waals surface area (Å²) in [6.45, 7) is 12.3. The minimum absolute atomic E-state index is 0.171. The van der Waals surface area contributed by atoms with Gasteiger partial charge in [-0.25, -0.2) is 4.79 Å². The maximum Gasteiger partial charge on any atom is 0.330 e. The molecule has 0 spiro atoms. The predicted molar refractivity (Wildman–Crippen MR) is 65.4 cm³/mol. The van der Waals surface area contributed by atoms with Gasteiger partial charge < -0.3 is 4.74 Å². The van der Waals surface area contributed by atoms with E-state index in [0.717, 1.165) is 6.08 Å². The van der Waals surface area contributed by atoms with Gasteiger partial charge in [-0.05, 0) is 6.92 Å². The van der Waals surface area contributed by atoms with E-state index in [-0.39, 0.29) is 14.8 Å². The van der Waals surface area contributed by atoms with E-state index in [4.69, 9.17) is 0 Å². The molecule has 0 aromatic rings. The van der Waals surface area contributed by atoms with Crippen LogP contribution in [0.1, 0.15) is 27.7 Å². The number of carbonyl (C=O) groups excluding carboxylic acids is 1. The Morgan fingerprint density at radius 1 is 1.21 bits per heavy atom. The fourth-order valence-corrected chi connectivity index (χ4v) is 2.80. The molecule has 2 nitrogen and oxygen atoms in total. The van der Waals surface area contributed by atoms with E-state index in [1.165, 1.54) is 18.1 Å². The highest BCUT2D eigenvalue weighted by Crippen LogP contribution is 2.01. The second-order valence-electron chi connectivity index (χ2n) is 3.05. The number of carbonyl (C=O) groups is 1. The Bertz CT molecular complexity index is 137. The summed E-state index contributed by atoms with van der Waals surface area (Å²) >= 11 is 0. The molecule has 0 rings (SSSR count). The van der Waals surface area contributed by atoms with Gasteiger partial charge in [-0.2, -0.15) is 0 Å². The first-order valence-corrected chi connectivity index (χ1v) is 7.90. The van der Waals surface area contributed by atoms with Crippen LogP contribution in [-0.2, 0) is 9.53 Å². The Morgan fingerprint density at radius 3 is 1.71 bits per heavy atom. The van der Waals surface area contributed by atoms with Crippen molar-refractivity contribution in [2.45, 2.75) is 45.8 Å². The summed E-state index contributed by atoms with van der Waals surface area (Å²) in [6.07, 6.45) is 1.14. The largest absolute Gasteiger partial charge is 0.463 e. The Balaban J connectivity index is 0. The molecule has 0 fully saturated rings. The average molecular weight is 216 g/mol. The lowest BCUT2D eigenvalue weighted by Crippen LogP contribution is -2.04. The van der Waals surface area contributed by atoms with E-state index in [1.54, 1.807) is 6.92 Å². The molecule has 0 aromatic heterocycles. The molecule has 0 saturated heterocycles. The van der Waals surface area contributed by atoms with E-state index in [0.29, 0.717) is 6.61 Å². The molecule has 0 aliphatic carbocycles. The SMILES string of the molecule is C=CC(=O)OCC.CC[SiH](CC)CC. The van der Waals surface area contributed by atoms with Crippen molar-refractivity contribution in [3.8, 4) is 0 Å². The van der Waals surface area contributed by atoms with Crippen molar-refractivity contribution in [3.63, 3.8) is 0 Å². The minimum atomic E-state index is -0.359. The van der Waals surface area contributed by atoms with Crippen molar-refractivity contribution in [2.24, 2.45) is 0 Å². The zero-order chi connectivity index (χ0) is 11.4. The third-order valence-electron chi connectivity index (χ3n) is 2.19. The van der Waals surface area contributed by atoms with Crippen LogP contribution in [0.3, 0.4) is 0 Å². The number of hydrogen-bond acceptors (Lipinski definition) is 2. The average Bonchev–Trinajstić information content (AvgIpc) is 2.22. The summed E-state index contributed by atoms with van der Waals surface area (Å²) in [7, 11) is -0.171. The molecule has 3 heteroatoms. The van der Waals surface area contributed by atoms with Crippen LogP contribution in [0.4, 0.5) is 0 Å². The molecule has 0 saturated carbocycles. The van der Waals surface area contributed by atoms with Gasteiger partial charge >= 0.3 is 5.97 Å². The molecular weight excluding hydrogens is 192 g/mol. The van der Waals surface area contributed by atoms with E-state index in [2.05, 4.69) is 32.1 Å². The molecule has 0 unspecified atom stereocenters. The van der Waals surface area contributed by atoms with Gasteiger partial charge in [-0.3, -0.25) is 0 Å². The molecule has 0 aliphatic heterocycles. The van der Waals surface area contributed by atoms with Gasteiger partial charge in [0.25, 0.3) is 0 Å². The molecule has 0 N–H and O–H groups in total. The normalized spacial score (nSPS) is 8.93. The monoisotopic (exact) mass is 216 g/mol. The van der Waals surface area contributed by atoms with Crippen LogP contribution in [0.2, 0.25) is 18.1 Å². The van der Waals surface area contributed by atoms with E-state index >= 15 is 0 Å². The van der Waals surface area contributed by atoms with Crippen LogP contribution >= 0.6 is 0 Å². The summed E-state index contributed by atoms with van der Waals surface area (Å²) in [5.74, 6) is -0.359. The lowest BCUT2D eigenvalue weighted by atomic mass is 10.6. The third-order valence-corrected chi connectivity index (χ3v) is 5.65. The maximum atomic E-state index is 10.1. The van der Waals surface area contributed by atoms with Gasteiger partial charge in [-0.1, -0.05) is 45.5 Å². The number of ether oxygens (including phenoxy) is 1. The summed E-state index contributed by atoms with van der Waals surface area (Å²) in [5, 5.41) is 0. The Morgan fingerprint density at radius 2 is 1.64 bits per heavy atom. The summed E-state index contributed by atoms with van der Waals surface area (Å²) in [6, 6.07) is 4.48. The van der Waals surface area contributed by atoms with Gasteiger partial charge in [0.15, 0.2) is 0 Å². The van der Waals surface area contributed by atoms with Crippen LogP contribution in [-0.4, -0.2) is 21.4 Å². The zero-order valence-corrected chi connectivity index (χ0v) is 11.2. The van der Waals surface area contributed by atoms with Crippen molar-refractivity contribution < 1.29 is 9.53 Å². The van der Waals surface area contributed by atoms with Crippen molar-refractivity contribution in [3.05, 3.63) is 12.7 Å². The van der Waals surface area contributed by atoms with Crippen LogP contribution < -0.4 is 0 Å². The fraction of sp³-hybridized carbons (Fsp3) is 0.727. The Labute approximate surface area is 90.0 Å². The van der Waals surface area contributed by atoms with Gasteiger partial charge in [0.2, 0.25) is 0 Å². The molecule has 0 aromatic carbocycles. The van der Waals surface area contributed by atoms with Crippen LogP contribution in [0.15, 0.2) is 12.7 Å². The zero-order valence-electron chi connectivity index (χ0n) is 10.0. The summed E-state index contributed by atoms with van der Waals surface area (Å²) < 4.78 is 4.43. The second kappa shape index (κ2) is 12.4. The highest BCUT2D eigenvalue weighted by molar-refractivity contribution is 6.58. The molecule has 84 valence electrons. The van der Waals surface area contributed by atoms with Crippen molar-refractivity contribution in [2.75, 3.05) is 6.61 Å². The van der Waals surface area contributed by atoms with Crippen LogP contribution in [0, 0.1) is 0 Å². The first-order valence-electron chi connectivity index (χ1n) is 5.45. The van der Waals surface area contributed by atoms with Crippen molar-refractivity contribution in [1.29, 1.82) is 0 Å². The highest BCUT2D eigenvalue weighted by Gasteiger charge is 1.98. The van der Waals surface area contributed by atoms with Gasteiger partial charge in [0.05, 0.1) is 6.61 Å². The van der Waals surface area contributed by atoms with Crippen molar-refractivity contribution in [1.82, 2.24) is 0 Å². The predicted octanol–water partition coefficient (Wildman–Crippen LogP) is 3.01. The number of rotatable bonds is 5. The summed E-state index contributed by atoms with van der Waals surface area (Å²) in [5.41, 5.74) is 0. The lowest BCUT2D eigenvalue weighted by Gasteiger charge is -2.03. The molecule has 0 heterocycles. The van der Waals surface area contributed by atoms with Crippen LogP contribution in [0.25, 0.3) is 0 Å². The topological polar surface area (TPSA) is 26.3 Å². The third kappa shape index (κ3) is 11.4. The molecule has 0 radical (unpaired) electrons. The van der Waals surface area contributed by atoms with Crippen molar-refractivity contribution >= 4 is 14.8 Å². The fourth-order valence-electron chi connectivity index (χ4n) is 1.07. The van der Waals surface area contributed by atoms with E-state index in [1.807, 2.05) is 0 Å². The first kappa shape index (κ1) is 15.9. The molecule has 14 heavy (non-hydrogen) atoms. The molecule has 0 bridgehead atoms. The maximum absolute atomic E-state index is 10.1. The van der Waals surface area contributed by atoms with Gasteiger partial charge in [0, 0.05) is 14.9 Å². The summed E-state index contributed by atoms with van der Waals surface area (Å²) in [4.78, 5) is 10.1. The standard InChI is InChI=1S/C6H16Si.C5H8O2/c1-4-7(5-2)6-3;1-3-5(6)7-4-2/h7H,4-6H2,1-3H3;3H,1,4H2,2H3. The van der Waals surface area contributed by atoms with E-state index < -0.39 is 0 Å². The first-order chi connectivity index (χ1) is 6.65. The quantitative estimate of drug-likeness (QED) is 0.401. The number of hydrogen-bond donors (Lipinski definition) is 0. The smallest absolute Gasteiger partial charge is 0.330 e. The molecular formula is C11H24O2Si. The lowest BCUT2D eigenvalue weighted by molar-refractivity contribution is -0.137. The Hall–Kier alpha value is -0.573. The second-order valence-corrected chi connectivity index (χ2v) is 7.23. The highest BCUT2D eigenvalue weighted by atomic mass is 28.3. The molecule has 0 aliphatic rings. The minimum Gasteiger partial charge on any atom is -0.463 e. The van der Waals surface area contributed by atoms with Crippen LogP contribution in [0.5, 0.6) is 0 Å². The van der Waals surface area contributed by atoms with E-state index in [9.17, 15) is 4.79 Å². The van der Waals surface area contributed by atoms with Gasteiger partial charge in [-0.15, -0.1) is 0 Å². The number of esters is 1. The van der Waals surface area contributed by atoms with Gasteiger partial charge in [0.1, 0.15) is 0 Å². The Kier molecular flexibility index (Phi) is 14.1. The molecule has 0 atom stereocenters. The molecule has 0 amide bonds.